The SMILES string of the molecule is CC(C)(C)Cn1c(S)c(S)n(CC(F)(F)C(F)(F)C(F)(F)F)c1=S. The number of aromatic nitrogens is 2. The highest BCUT2D eigenvalue weighted by Gasteiger charge is 2.73. The Hall–Kier alpha value is -0.360. The second kappa shape index (κ2) is 6.42. The Morgan fingerprint density at radius 2 is 1.21 bits per heavy atom. The minimum Gasteiger partial charge on any atom is -0.311 e. The summed E-state index contributed by atoms with van der Waals surface area (Å²) in [5.41, 5.74) is -0.374. The smallest absolute Gasteiger partial charge is 0.311 e. The predicted octanol–water partition coefficient (Wildman–Crippen LogP) is 5.48. The van der Waals surface area contributed by atoms with Crippen LogP contribution in [0, 0.1) is 10.2 Å². The summed E-state index contributed by atoms with van der Waals surface area (Å²) in [4.78, 5) is 0. The molecule has 0 aliphatic carbocycles. The summed E-state index contributed by atoms with van der Waals surface area (Å²) in [5.74, 6) is -11.6. The molecule has 0 N–H and O–H groups in total. The molecule has 0 bridgehead atoms. The zero-order valence-corrected chi connectivity index (χ0v) is 15.4. The Kier molecular flexibility index (Phi) is 5.80. The first-order chi connectivity index (χ1) is 10.4. The average molecular weight is 416 g/mol. The van der Waals surface area contributed by atoms with E-state index in [1.807, 2.05) is 0 Å². The molecule has 0 saturated heterocycles. The molecular weight excluding hydrogens is 401 g/mol. The van der Waals surface area contributed by atoms with E-state index in [-0.39, 0.29) is 26.8 Å². The topological polar surface area (TPSA) is 9.86 Å². The molecule has 1 aromatic rings. The van der Waals surface area contributed by atoms with Gasteiger partial charge in [-0.2, -0.15) is 30.7 Å². The monoisotopic (exact) mass is 416 g/mol. The second-order valence-electron chi connectivity index (χ2n) is 6.44. The van der Waals surface area contributed by atoms with Crippen LogP contribution in [0.1, 0.15) is 20.8 Å². The second-order valence-corrected chi connectivity index (χ2v) is 7.65. The number of alkyl halides is 7. The fourth-order valence-electron chi connectivity index (χ4n) is 1.83. The molecule has 0 atom stereocenters. The van der Waals surface area contributed by atoms with E-state index >= 15 is 0 Å². The highest BCUT2D eigenvalue weighted by Crippen LogP contribution is 2.47. The zero-order chi connectivity index (χ0) is 19.3. The van der Waals surface area contributed by atoms with Crippen molar-refractivity contribution in [2.24, 2.45) is 5.41 Å². The zero-order valence-electron chi connectivity index (χ0n) is 12.8. The van der Waals surface area contributed by atoms with Gasteiger partial charge in [0.1, 0.15) is 10.1 Å². The molecule has 0 aliphatic heterocycles. The first-order valence-corrected chi connectivity index (χ1v) is 7.76. The number of rotatable bonds is 4. The Morgan fingerprint density at radius 3 is 1.54 bits per heavy atom. The van der Waals surface area contributed by atoms with Crippen molar-refractivity contribution in [3.63, 3.8) is 0 Å². The number of imidazole rings is 1. The van der Waals surface area contributed by atoms with E-state index in [1.165, 1.54) is 4.57 Å². The summed E-state index contributed by atoms with van der Waals surface area (Å²) in [5, 5.41) is -0.311. The first-order valence-electron chi connectivity index (χ1n) is 6.46. The third-order valence-corrected chi connectivity index (χ3v) is 4.50. The molecule has 0 radical (unpaired) electrons. The summed E-state index contributed by atoms with van der Waals surface area (Å²) >= 11 is 12.8. The lowest BCUT2D eigenvalue weighted by molar-refractivity contribution is -0.357. The summed E-state index contributed by atoms with van der Waals surface area (Å²) in [6, 6.07) is 0. The maximum atomic E-state index is 13.6. The van der Waals surface area contributed by atoms with Gasteiger partial charge < -0.3 is 9.13 Å². The maximum Gasteiger partial charge on any atom is 0.459 e. The number of hydrogen-bond acceptors (Lipinski definition) is 3. The molecule has 0 aliphatic rings. The summed E-state index contributed by atoms with van der Waals surface area (Å²) in [6.07, 6.45) is -6.40. The van der Waals surface area contributed by atoms with Crippen molar-refractivity contribution in [2.75, 3.05) is 0 Å². The quantitative estimate of drug-likeness (QED) is 0.376. The molecule has 24 heavy (non-hydrogen) atoms. The van der Waals surface area contributed by atoms with E-state index in [0.29, 0.717) is 4.57 Å². The van der Waals surface area contributed by atoms with Crippen LogP contribution in [0.2, 0.25) is 0 Å². The van der Waals surface area contributed by atoms with Crippen molar-refractivity contribution in [1.82, 2.24) is 9.13 Å². The van der Waals surface area contributed by atoms with Crippen molar-refractivity contribution in [2.45, 2.75) is 61.9 Å². The predicted molar refractivity (Wildman–Crippen MR) is 83.2 cm³/mol. The minimum absolute atomic E-state index is 0.00406. The molecule has 0 unspecified atom stereocenters. The van der Waals surface area contributed by atoms with Crippen molar-refractivity contribution < 1.29 is 30.7 Å². The van der Waals surface area contributed by atoms with Crippen LogP contribution < -0.4 is 0 Å². The lowest BCUT2D eigenvalue weighted by atomic mass is 9.97. The first kappa shape index (κ1) is 21.7. The lowest BCUT2D eigenvalue weighted by Gasteiger charge is -2.28. The lowest BCUT2D eigenvalue weighted by Crippen LogP contribution is -2.53. The van der Waals surface area contributed by atoms with Crippen molar-refractivity contribution in [1.29, 1.82) is 0 Å². The number of hydrogen-bond donors (Lipinski definition) is 2. The molecule has 0 spiro atoms. The summed E-state index contributed by atoms with van der Waals surface area (Å²) in [7, 11) is 0. The van der Waals surface area contributed by atoms with E-state index in [0.717, 1.165) is 0 Å². The van der Waals surface area contributed by atoms with E-state index in [2.05, 4.69) is 25.3 Å². The Bertz CT molecular complexity index is 668. The third kappa shape index (κ3) is 4.06. The van der Waals surface area contributed by atoms with Gasteiger partial charge in [-0.25, -0.2) is 0 Å². The summed E-state index contributed by atoms with van der Waals surface area (Å²) < 4.78 is 91.4. The van der Waals surface area contributed by atoms with Gasteiger partial charge in [0.2, 0.25) is 0 Å². The van der Waals surface area contributed by atoms with Crippen LogP contribution in [-0.2, 0) is 13.1 Å². The molecule has 0 saturated carbocycles. The fraction of sp³-hybridized carbons (Fsp3) is 0.750. The van der Waals surface area contributed by atoms with Gasteiger partial charge in [0, 0.05) is 6.54 Å². The van der Waals surface area contributed by atoms with E-state index in [9.17, 15) is 30.7 Å². The number of halogens is 7. The Morgan fingerprint density at radius 1 is 0.833 bits per heavy atom. The van der Waals surface area contributed by atoms with Gasteiger partial charge in [-0.05, 0) is 17.6 Å². The van der Waals surface area contributed by atoms with Crippen LogP contribution >= 0.6 is 37.5 Å². The molecule has 0 fully saturated rings. The normalized spacial score (nSPS) is 14.3. The van der Waals surface area contributed by atoms with Crippen LogP contribution in [0.5, 0.6) is 0 Å². The molecule has 12 heteroatoms. The highest BCUT2D eigenvalue weighted by molar-refractivity contribution is 7.83. The number of thiol groups is 2. The Labute approximate surface area is 149 Å². The molecule has 1 rings (SSSR count). The van der Waals surface area contributed by atoms with Crippen LogP contribution in [0.4, 0.5) is 30.7 Å². The van der Waals surface area contributed by atoms with Crippen molar-refractivity contribution >= 4 is 37.5 Å². The van der Waals surface area contributed by atoms with Crippen LogP contribution in [0.3, 0.4) is 0 Å². The largest absolute Gasteiger partial charge is 0.459 e. The Balaban J connectivity index is 3.36. The van der Waals surface area contributed by atoms with Crippen LogP contribution in [0.15, 0.2) is 10.1 Å². The fourth-order valence-corrected chi connectivity index (χ4v) is 2.85. The van der Waals surface area contributed by atoms with Gasteiger partial charge >= 0.3 is 18.0 Å². The summed E-state index contributed by atoms with van der Waals surface area (Å²) in [6.45, 7) is 3.60. The molecule has 0 amide bonds. The van der Waals surface area contributed by atoms with Gasteiger partial charge in [-0.1, -0.05) is 20.8 Å². The van der Waals surface area contributed by atoms with E-state index < -0.39 is 24.6 Å². The van der Waals surface area contributed by atoms with Gasteiger partial charge in [0.25, 0.3) is 0 Å². The molecule has 140 valence electrons. The average Bonchev–Trinajstić information content (AvgIpc) is 2.53. The molecular formula is C12H15F7N2S3. The van der Waals surface area contributed by atoms with Crippen molar-refractivity contribution in [3.8, 4) is 0 Å². The van der Waals surface area contributed by atoms with Gasteiger partial charge in [-0.15, -0.1) is 25.3 Å². The third-order valence-electron chi connectivity index (χ3n) is 2.98. The highest BCUT2D eigenvalue weighted by atomic mass is 32.1. The minimum atomic E-state index is -6.40. The number of nitrogens with zero attached hydrogens (tertiary/aromatic N) is 2. The van der Waals surface area contributed by atoms with Crippen molar-refractivity contribution in [3.05, 3.63) is 4.77 Å². The van der Waals surface area contributed by atoms with E-state index in [4.69, 9.17) is 12.2 Å². The standard InChI is InChI=1S/C12H15F7N2S3/c1-9(2,3)4-20-6(22)7(23)21(8(20)24)5-10(13,14)11(15,16)12(17,18)19/h22-23H,4-5H2,1-3H3. The van der Waals surface area contributed by atoms with Gasteiger partial charge in [0.05, 0.1) is 6.54 Å². The molecule has 0 aromatic carbocycles. The van der Waals surface area contributed by atoms with Gasteiger partial charge in [-0.3, -0.25) is 0 Å². The molecule has 1 heterocycles. The van der Waals surface area contributed by atoms with E-state index in [1.54, 1.807) is 20.8 Å². The van der Waals surface area contributed by atoms with Crippen LogP contribution in [0.25, 0.3) is 0 Å². The van der Waals surface area contributed by atoms with Crippen LogP contribution in [-0.4, -0.2) is 27.2 Å². The molecule has 2 nitrogen and oxygen atoms in total. The van der Waals surface area contributed by atoms with Gasteiger partial charge in [0.15, 0.2) is 4.77 Å². The maximum absolute atomic E-state index is 13.6. The molecule has 1 aromatic heterocycles.